The Kier molecular flexibility index (Phi) is 6.79. The molecule has 8 heteroatoms. The molecule has 4 aromatic rings. The van der Waals surface area contributed by atoms with Gasteiger partial charge in [0.05, 0.1) is 5.56 Å². The largest absolute Gasteiger partial charge is 0.489 e. The molecule has 2 N–H and O–H groups in total. The summed E-state index contributed by atoms with van der Waals surface area (Å²) in [6, 6.07) is 13.9. The second-order valence-corrected chi connectivity index (χ2v) is 10.6. The van der Waals surface area contributed by atoms with E-state index in [4.69, 9.17) is 4.74 Å². The molecule has 2 aromatic carbocycles. The Bertz CT molecular complexity index is 1490. The highest BCUT2D eigenvalue weighted by Gasteiger charge is 2.36. The number of amides is 1. The smallest absolute Gasteiger partial charge is 0.416 e. The van der Waals surface area contributed by atoms with E-state index in [1.165, 1.54) is 11.6 Å². The van der Waals surface area contributed by atoms with Crippen molar-refractivity contribution in [3.05, 3.63) is 88.9 Å². The number of alkyl halides is 3. The standard InChI is InChI=1S/C31H30F3N3O2/c32-31(33,34)27-15-19(5-8-24(27)20-3-1-2-4-20)18-39-23-7-10-28-26(17-23)25-9-6-21(30(25)37-28)16-29(38)36-22-11-13-35-14-12-22/h5,7-8,10-15,17,20-21,37H,1-4,6,9,16,18H2,(H,35,36,38)/t21-/m1/s1. The molecule has 202 valence electrons. The van der Waals surface area contributed by atoms with Crippen molar-refractivity contribution in [2.45, 2.75) is 69.6 Å². The molecule has 0 bridgehead atoms. The molecule has 39 heavy (non-hydrogen) atoms. The van der Waals surface area contributed by atoms with Gasteiger partial charge in [-0.15, -0.1) is 0 Å². The number of hydrogen-bond acceptors (Lipinski definition) is 3. The van der Waals surface area contributed by atoms with Crippen LogP contribution < -0.4 is 10.1 Å². The van der Waals surface area contributed by atoms with E-state index in [2.05, 4.69) is 15.3 Å². The molecule has 0 spiro atoms. The van der Waals surface area contributed by atoms with Crippen molar-refractivity contribution in [3.8, 4) is 5.75 Å². The number of aromatic nitrogens is 2. The fraction of sp³-hybridized carbons (Fsp3) is 0.355. The molecule has 2 aliphatic rings. The minimum atomic E-state index is -4.38. The Hall–Kier alpha value is -3.81. The van der Waals surface area contributed by atoms with Gasteiger partial charge in [-0.05, 0) is 84.7 Å². The molecule has 1 fully saturated rings. The maximum Gasteiger partial charge on any atom is 0.416 e. The Morgan fingerprint density at radius 2 is 1.82 bits per heavy atom. The summed E-state index contributed by atoms with van der Waals surface area (Å²) >= 11 is 0. The van der Waals surface area contributed by atoms with Crippen LogP contribution in [0.25, 0.3) is 10.9 Å². The number of anilines is 1. The van der Waals surface area contributed by atoms with Crippen LogP contribution in [0.1, 0.15) is 78.3 Å². The Morgan fingerprint density at radius 3 is 2.59 bits per heavy atom. The fourth-order valence-corrected chi connectivity index (χ4v) is 6.19. The fourth-order valence-electron chi connectivity index (χ4n) is 6.19. The molecule has 1 amide bonds. The lowest BCUT2D eigenvalue weighted by Gasteiger charge is -2.19. The zero-order valence-corrected chi connectivity index (χ0v) is 21.5. The average Bonchev–Trinajstić information content (AvgIpc) is 3.66. The van der Waals surface area contributed by atoms with Crippen LogP contribution in [0, 0.1) is 0 Å². The van der Waals surface area contributed by atoms with E-state index in [1.807, 2.05) is 18.2 Å². The maximum atomic E-state index is 13.9. The highest BCUT2D eigenvalue weighted by molar-refractivity contribution is 5.92. The van der Waals surface area contributed by atoms with Gasteiger partial charge in [0, 0.05) is 47.0 Å². The predicted molar refractivity (Wildman–Crippen MR) is 144 cm³/mol. The van der Waals surface area contributed by atoms with Gasteiger partial charge in [-0.25, -0.2) is 0 Å². The number of pyridine rings is 1. The summed E-state index contributed by atoms with van der Waals surface area (Å²) in [5.41, 5.74) is 4.32. The molecular weight excluding hydrogens is 503 g/mol. The number of aromatic amines is 1. The van der Waals surface area contributed by atoms with E-state index < -0.39 is 11.7 Å². The third-order valence-corrected chi connectivity index (χ3v) is 8.08. The van der Waals surface area contributed by atoms with Crippen LogP contribution in [0.4, 0.5) is 18.9 Å². The molecule has 0 radical (unpaired) electrons. The van der Waals surface area contributed by atoms with Crippen molar-refractivity contribution in [1.29, 1.82) is 0 Å². The highest BCUT2D eigenvalue weighted by Crippen LogP contribution is 2.43. The first kappa shape index (κ1) is 25.5. The molecule has 1 saturated carbocycles. The van der Waals surface area contributed by atoms with Crippen LogP contribution in [-0.4, -0.2) is 15.9 Å². The van der Waals surface area contributed by atoms with Gasteiger partial charge < -0.3 is 15.0 Å². The summed E-state index contributed by atoms with van der Waals surface area (Å²) in [5, 5.41) is 3.96. The van der Waals surface area contributed by atoms with E-state index >= 15 is 0 Å². The number of aryl methyl sites for hydroxylation is 1. The molecule has 2 heterocycles. The molecular formula is C31H30F3N3O2. The molecule has 2 aliphatic carbocycles. The maximum absolute atomic E-state index is 13.9. The normalized spacial score (nSPS) is 17.5. The van der Waals surface area contributed by atoms with Crippen LogP contribution in [0.15, 0.2) is 60.9 Å². The number of nitrogens with one attached hydrogen (secondary N) is 2. The first-order valence-corrected chi connectivity index (χ1v) is 13.5. The van der Waals surface area contributed by atoms with Crippen molar-refractivity contribution in [1.82, 2.24) is 9.97 Å². The van der Waals surface area contributed by atoms with Crippen molar-refractivity contribution < 1.29 is 22.7 Å². The van der Waals surface area contributed by atoms with Crippen LogP contribution in [0.5, 0.6) is 5.75 Å². The van der Waals surface area contributed by atoms with Crippen LogP contribution in [-0.2, 0) is 24.0 Å². The number of ether oxygens (including phenoxy) is 1. The average molecular weight is 534 g/mol. The summed E-state index contributed by atoms with van der Waals surface area (Å²) in [5.74, 6) is 0.647. The van der Waals surface area contributed by atoms with Gasteiger partial charge in [0.2, 0.25) is 5.91 Å². The monoisotopic (exact) mass is 533 g/mol. The van der Waals surface area contributed by atoms with E-state index in [1.54, 1.807) is 36.7 Å². The van der Waals surface area contributed by atoms with Gasteiger partial charge in [-0.2, -0.15) is 13.2 Å². The van der Waals surface area contributed by atoms with Crippen LogP contribution >= 0.6 is 0 Å². The summed E-state index contributed by atoms with van der Waals surface area (Å²) in [6.07, 6.45) is 4.60. The zero-order chi connectivity index (χ0) is 27.0. The number of carbonyl (C=O) groups is 1. The molecule has 0 unspecified atom stereocenters. The molecule has 2 aromatic heterocycles. The lowest BCUT2D eigenvalue weighted by Crippen LogP contribution is -2.14. The second-order valence-electron chi connectivity index (χ2n) is 10.6. The minimum Gasteiger partial charge on any atom is -0.489 e. The number of hydrogen-bond donors (Lipinski definition) is 2. The van der Waals surface area contributed by atoms with Gasteiger partial charge in [-0.1, -0.05) is 25.0 Å². The number of fused-ring (bicyclic) bond motifs is 3. The predicted octanol–water partition coefficient (Wildman–Crippen LogP) is 7.88. The number of halogens is 3. The minimum absolute atomic E-state index is 0.0137. The van der Waals surface area contributed by atoms with Crippen LogP contribution in [0.2, 0.25) is 0 Å². The van der Waals surface area contributed by atoms with Gasteiger partial charge in [0.25, 0.3) is 0 Å². The molecule has 6 rings (SSSR count). The highest BCUT2D eigenvalue weighted by atomic mass is 19.4. The third-order valence-electron chi connectivity index (χ3n) is 8.08. The molecule has 0 saturated heterocycles. The Labute approximate surface area is 224 Å². The van der Waals surface area contributed by atoms with E-state index in [0.29, 0.717) is 23.3 Å². The number of carbonyl (C=O) groups excluding carboxylic acids is 1. The first-order chi connectivity index (χ1) is 18.8. The van der Waals surface area contributed by atoms with Gasteiger partial charge >= 0.3 is 6.18 Å². The third kappa shape index (κ3) is 5.37. The lowest BCUT2D eigenvalue weighted by atomic mass is 9.91. The van der Waals surface area contributed by atoms with Crippen LogP contribution in [0.3, 0.4) is 0 Å². The zero-order valence-electron chi connectivity index (χ0n) is 21.5. The van der Waals surface area contributed by atoms with Gasteiger partial charge in [0.15, 0.2) is 0 Å². The number of H-pyrrole nitrogens is 1. The van der Waals surface area contributed by atoms with Crippen molar-refractivity contribution in [2.75, 3.05) is 5.32 Å². The molecule has 1 atom stereocenters. The topological polar surface area (TPSA) is 67.0 Å². The summed E-state index contributed by atoms with van der Waals surface area (Å²) < 4.78 is 47.5. The van der Waals surface area contributed by atoms with E-state index in [-0.39, 0.29) is 24.3 Å². The summed E-state index contributed by atoms with van der Waals surface area (Å²) in [4.78, 5) is 20.1. The van der Waals surface area contributed by atoms with Crippen molar-refractivity contribution in [3.63, 3.8) is 0 Å². The SMILES string of the molecule is O=C(C[C@H]1CCc2c1[nH]c1ccc(OCc3ccc(C4CCCC4)c(C(F)(F)F)c3)cc21)Nc1ccncc1. The molecule has 0 aliphatic heterocycles. The second kappa shape index (κ2) is 10.4. The Morgan fingerprint density at radius 1 is 1.03 bits per heavy atom. The van der Waals surface area contributed by atoms with E-state index in [9.17, 15) is 18.0 Å². The van der Waals surface area contributed by atoms with Crippen molar-refractivity contribution >= 4 is 22.5 Å². The molecule has 5 nitrogen and oxygen atoms in total. The summed E-state index contributed by atoms with van der Waals surface area (Å²) in [6.45, 7) is 0.0595. The van der Waals surface area contributed by atoms with Gasteiger partial charge in [0.1, 0.15) is 12.4 Å². The lowest BCUT2D eigenvalue weighted by molar-refractivity contribution is -0.138. The van der Waals surface area contributed by atoms with E-state index in [0.717, 1.165) is 60.8 Å². The quantitative estimate of drug-likeness (QED) is 0.254. The first-order valence-electron chi connectivity index (χ1n) is 13.5. The van der Waals surface area contributed by atoms with Gasteiger partial charge in [-0.3, -0.25) is 9.78 Å². The number of rotatable bonds is 7. The number of nitrogens with zero attached hydrogens (tertiary/aromatic N) is 1. The summed E-state index contributed by atoms with van der Waals surface area (Å²) in [7, 11) is 0. The Balaban J connectivity index is 1.16. The van der Waals surface area contributed by atoms with Crippen molar-refractivity contribution in [2.24, 2.45) is 0 Å². The number of benzene rings is 2.